The van der Waals surface area contributed by atoms with Crippen LogP contribution in [0.25, 0.3) is 0 Å². The van der Waals surface area contributed by atoms with Gasteiger partial charge in [0.15, 0.2) is 12.4 Å². The summed E-state index contributed by atoms with van der Waals surface area (Å²) in [5.74, 6) is 1.30. The van der Waals surface area contributed by atoms with Gasteiger partial charge in [-0.1, -0.05) is 54.6 Å². The van der Waals surface area contributed by atoms with Crippen molar-refractivity contribution in [3.63, 3.8) is 0 Å². The largest absolute Gasteiger partial charge is 0.497 e. The minimum atomic E-state index is -1.93. The third kappa shape index (κ3) is 8.87. The van der Waals surface area contributed by atoms with Crippen LogP contribution in [0, 0.1) is 11.3 Å². The van der Waals surface area contributed by atoms with E-state index in [4.69, 9.17) is 28.0 Å². The molecule has 0 aliphatic carbocycles. The third-order valence-corrected chi connectivity index (χ3v) is 11.0. The summed E-state index contributed by atoms with van der Waals surface area (Å²) < 4.78 is 57.0. The highest BCUT2D eigenvalue weighted by molar-refractivity contribution is 7.44. The molecule has 1 N–H and O–H groups in total. The Labute approximate surface area is 310 Å². The van der Waals surface area contributed by atoms with Crippen LogP contribution in [0.15, 0.2) is 101 Å². The van der Waals surface area contributed by atoms with Crippen molar-refractivity contribution in [1.29, 1.82) is 5.26 Å². The number of hydrogen-bond acceptors (Lipinski definition) is 10. The lowest BCUT2D eigenvalue weighted by molar-refractivity contribution is -0.0934. The average molecular weight is 749 g/mol. The molecule has 1 aliphatic heterocycles. The lowest BCUT2D eigenvalue weighted by atomic mass is 9.80. The number of rotatable bonds is 17. The number of methoxy groups -OCH3 is 2. The van der Waals surface area contributed by atoms with Gasteiger partial charge in [0.25, 0.3) is 14.1 Å². The quantitative estimate of drug-likeness (QED) is 0.0728. The molecule has 5 rings (SSSR count). The molecule has 1 saturated heterocycles. The van der Waals surface area contributed by atoms with Gasteiger partial charge in [-0.3, -0.25) is 14.3 Å². The normalized spacial score (nSPS) is 19.4. The van der Waals surface area contributed by atoms with Gasteiger partial charge in [-0.05, 0) is 68.7 Å². The summed E-state index contributed by atoms with van der Waals surface area (Å²) in [6.45, 7) is 7.77. The van der Waals surface area contributed by atoms with Crippen LogP contribution in [0.2, 0.25) is 0 Å². The fourth-order valence-corrected chi connectivity index (χ4v) is 8.25. The summed E-state index contributed by atoms with van der Waals surface area (Å²) in [6, 6.07) is 27.7. The van der Waals surface area contributed by atoms with Gasteiger partial charge in [-0.15, -0.1) is 0 Å². The number of hydrogen-bond donors (Lipinski definition) is 1. The highest BCUT2D eigenvalue weighted by atomic mass is 31.2. The van der Waals surface area contributed by atoms with Gasteiger partial charge in [-0.25, -0.2) is 13.9 Å². The van der Waals surface area contributed by atoms with Crippen LogP contribution in [0.3, 0.4) is 0 Å². The van der Waals surface area contributed by atoms with Gasteiger partial charge in [-0.2, -0.15) is 5.26 Å². The number of alkyl halides is 1. The van der Waals surface area contributed by atoms with Crippen molar-refractivity contribution in [2.75, 3.05) is 27.4 Å². The summed E-state index contributed by atoms with van der Waals surface area (Å²) >= 11 is 0. The molecule has 0 spiro atoms. The number of benzene rings is 3. The number of halogens is 1. The summed E-state index contributed by atoms with van der Waals surface area (Å²) in [7, 11) is 1.25. The van der Waals surface area contributed by atoms with Crippen LogP contribution in [-0.4, -0.2) is 72.1 Å². The molecule has 2 heterocycles. The number of H-pyrrole nitrogens is 1. The van der Waals surface area contributed by atoms with Gasteiger partial charge in [0.1, 0.15) is 29.3 Å². The zero-order valence-corrected chi connectivity index (χ0v) is 31.6. The molecule has 0 radical (unpaired) electrons. The van der Waals surface area contributed by atoms with Crippen molar-refractivity contribution in [2.45, 2.75) is 76.4 Å². The van der Waals surface area contributed by atoms with E-state index < -0.39 is 50.0 Å². The Morgan fingerprint density at radius 2 is 1.47 bits per heavy atom. The predicted molar refractivity (Wildman–Crippen MR) is 198 cm³/mol. The first-order valence-corrected chi connectivity index (χ1v) is 18.5. The van der Waals surface area contributed by atoms with Gasteiger partial charge in [0, 0.05) is 24.3 Å². The first-order chi connectivity index (χ1) is 25.5. The van der Waals surface area contributed by atoms with Crippen molar-refractivity contribution < 1.29 is 32.4 Å². The van der Waals surface area contributed by atoms with Crippen molar-refractivity contribution in [1.82, 2.24) is 14.2 Å². The van der Waals surface area contributed by atoms with Crippen LogP contribution in [0.4, 0.5) is 4.39 Å². The monoisotopic (exact) mass is 748 g/mol. The zero-order valence-electron chi connectivity index (χ0n) is 30.7. The topological polar surface area (TPSA) is 137 Å². The first kappa shape index (κ1) is 39.8. The van der Waals surface area contributed by atoms with E-state index in [1.807, 2.05) is 111 Å². The van der Waals surface area contributed by atoms with Crippen molar-refractivity contribution >= 4 is 8.53 Å². The minimum Gasteiger partial charge on any atom is -0.497 e. The maximum atomic E-state index is 16.9. The third-order valence-electron chi connectivity index (χ3n) is 8.90. The van der Waals surface area contributed by atoms with Crippen LogP contribution in [0.1, 0.15) is 57.0 Å². The Morgan fingerprint density at radius 3 is 1.98 bits per heavy atom. The van der Waals surface area contributed by atoms with Crippen molar-refractivity contribution in [2.24, 2.45) is 0 Å². The predicted octanol–water partition coefficient (Wildman–Crippen LogP) is 6.46. The maximum Gasteiger partial charge on any atom is 0.330 e. The molecule has 1 fully saturated rings. The number of nitrogens with zero attached hydrogens (tertiary/aromatic N) is 3. The van der Waals surface area contributed by atoms with E-state index >= 15 is 4.39 Å². The second-order valence-electron chi connectivity index (χ2n) is 13.0. The highest BCUT2D eigenvalue weighted by Gasteiger charge is 2.51. The van der Waals surface area contributed by atoms with Crippen molar-refractivity contribution in [3.8, 4) is 17.6 Å². The molecule has 53 heavy (non-hydrogen) atoms. The zero-order chi connectivity index (χ0) is 38.1. The van der Waals surface area contributed by atoms with E-state index in [1.165, 1.54) is 6.20 Å². The van der Waals surface area contributed by atoms with Gasteiger partial charge in [0.2, 0.25) is 0 Å². The van der Waals surface area contributed by atoms with E-state index in [-0.39, 0.29) is 31.7 Å². The molecule has 1 aromatic heterocycles. The molecule has 3 aromatic carbocycles. The first-order valence-electron chi connectivity index (χ1n) is 17.4. The van der Waals surface area contributed by atoms with E-state index in [0.717, 1.165) is 27.3 Å². The molecule has 5 atom stereocenters. The molecule has 12 nitrogen and oxygen atoms in total. The number of nitriles is 1. The Balaban J connectivity index is 1.62. The molecule has 1 aliphatic rings. The lowest BCUT2D eigenvalue weighted by Gasteiger charge is -2.39. The van der Waals surface area contributed by atoms with Crippen LogP contribution in [-0.2, 0) is 24.1 Å². The Morgan fingerprint density at radius 1 is 0.906 bits per heavy atom. The molecule has 4 aromatic rings. The van der Waals surface area contributed by atoms with Crippen LogP contribution >= 0.6 is 8.53 Å². The highest BCUT2D eigenvalue weighted by Crippen LogP contribution is 2.51. The average Bonchev–Trinajstić information content (AvgIpc) is 3.46. The van der Waals surface area contributed by atoms with E-state index in [9.17, 15) is 14.9 Å². The number of aromatic amines is 1. The molecule has 0 saturated carbocycles. The smallest absolute Gasteiger partial charge is 0.330 e. The summed E-state index contributed by atoms with van der Waals surface area (Å²) in [4.78, 5) is 27.1. The summed E-state index contributed by atoms with van der Waals surface area (Å²) in [6.07, 6.45) is -4.44. The molecule has 0 bridgehead atoms. The molecular formula is C39H46FN4O8P. The van der Waals surface area contributed by atoms with Crippen LogP contribution in [0.5, 0.6) is 11.5 Å². The molecule has 1 unspecified atom stereocenters. The van der Waals surface area contributed by atoms with Crippen LogP contribution < -0.4 is 20.7 Å². The molecule has 0 amide bonds. The van der Waals surface area contributed by atoms with Crippen molar-refractivity contribution in [3.05, 3.63) is 129 Å². The van der Waals surface area contributed by atoms with Gasteiger partial charge >= 0.3 is 5.69 Å². The Bertz CT molecular complexity index is 1860. The second kappa shape index (κ2) is 18.1. The fourth-order valence-electron chi connectivity index (χ4n) is 6.49. The second-order valence-corrected chi connectivity index (χ2v) is 14.4. The number of aromatic nitrogens is 2. The fraction of sp³-hybridized carbons (Fsp3) is 0.410. The Hall–Kier alpha value is -4.41. The van der Waals surface area contributed by atoms with Gasteiger partial charge in [0.05, 0.1) is 39.9 Å². The number of ether oxygens (including phenoxy) is 4. The lowest BCUT2D eigenvalue weighted by Crippen LogP contribution is -2.41. The van der Waals surface area contributed by atoms with E-state index in [0.29, 0.717) is 11.5 Å². The van der Waals surface area contributed by atoms with E-state index in [1.54, 1.807) is 14.2 Å². The minimum absolute atomic E-state index is 0.0632. The number of nitrogens with one attached hydrogen (secondary N) is 1. The SMILES string of the molecule is COc1ccc(C(OC[C@H]2O[C@@H](n3ccc(=O)[nH]c3=O)[C@@H](F)[C@@H]2OP(OCCC#N)N(C(C)C)C(C)C)(c2ccccc2)c2ccc(OC)cc2)cc1. The summed E-state index contributed by atoms with van der Waals surface area (Å²) in [5, 5.41) is 9.25. The summed E-state index contributed by atoms with van der Waals surface area (Å²) in [5.41, 5.74) is -0.435. The Kier molecular flexibility index (Phi) is 13.6. The maximum absolute atomic E-state index is 16.9. The molecular weight excluding hydrogens is 702 g/mol. The van der Waals surface area contributed by atoms with Gasteiger partial charge < -0.3 is 28.0 Å². The molecule has 282 valence electrons. The standard InChI is InChI=1S/C39H46FN4O8P/c1-26(2)44(27(3)4)53(50-24-10-22-41)52-36-33(51-37(35(36)40)43-23-21-34(45)42-38(43)46)25-49-39(28-11-8-7-9-12-28,29-13-17-31(47-5)18-14-29)30-15-19-32(48-6)20-16-30/h7-9,11-21,23,26-27,33,35-37H,10,24-25H2,1-6H3,(H,42,45,46)/t33-,35+,36-,37-,53?/m1/s1. The van der Waals surface area contributed by atoms with E-state index in [2.05, 4.69) is 11.1 Å². The molecule has 14 heteroatoms.